The van der Waals surface area contributed by atoms with Crippen LogP contribution in [0.1, 0.15) is 28.6 Å². The molecule has 3 aromatic rings. The molecule has 0 radical (unpaired) electrons. The van der Waals surface area contributed by atoms with Gasteiger partial charge in [0.25, 0.3) is 0 Å². The van der Waals surface area contributed by atoms with Gasteiger partial charge >= 0.3 is 0 Å². The van der Waals surface area contributed by atoms with Crippen LogP contribution in [0.3, 0.4) is 0 Å². The average Bonchev–Trinajstić information content (AvgIpc) is 3.13. The van der Waals surface area contributed by atoms with Crippen LogP contribution in [0.2, 0.25) is 0 Å². The number of hydrogen-bond donors (Lipinski definition) is 1. The molecule has 0 amide bonds. The van der Waals surface area contributed by atoms with Crippen molar-refractivity contribution in [2.24, 2.45) is 7.05 Å². The second-order valence-corrected chi connectivity index (χ2v) is 8.50. The number of benzene rings is 2. The molecule has 1 atom stereocenters. The Labute approximate surface area is 171 Å². The molecule has 1 aromatic heterocycles. The second-order valence-electron chi connectivity index (χ2n) is 6.81. The molecule has 0 fully saturated rings. The van der Waals surface area contributed by atoms with E-state index in [9.17, 15) is 8.42 Å². The van der Waals surface area contributed by atoms with E-state index in [4.69, 9.17) is 9.47 Å². The molecule has 7 nitrogen and oxygen atoms in total. The van der Waals surface area contributed by atoms with Crippen molar-refractivity contribution in [3.8, 4) is 11.5 Å². The van der Waals surface area contributed by atoms with E-state index < -0.39 is 16.1 Å². The summed E-state index contributed by atoms with van der Waals surface area (Å²) in [7, 11) is 0.927. The number of aryl methyl sites for hydroxylation is 3. The van der Waals surface area contributed by atoms with Gasteiger partial charge < -0.3 is 14.0 Å². The summed E-state index contributed by atoms with van der Waals surface area (Å²) in [6.45, 7) is 3.78. The van der Waals surface area contributed by atoms with Crippen molar-refractivity contribution in [3.05, 3.63) is 71.3 Å². The zero-order valence-electron chi connectivity index (χ0n) is 17.1. The summed E-state index contributed by atoms with van der Waals surface area (Å²) in [4.78, 5) is 4.45. The van der Waals surface area contributed by atoms with Crippen LogP contribution in [0.25, 0.3) is 0 Å². The monoisotopic (exact) mass is 415 g/mol. The Morgan fingerprint density at radius 1 is 1.07 bits per heavy atom. The van der Waals surface area contributed by atoms with Gasteiger partial charge in [-0.3, -0.25) is 0 Å². The highest BCUT2D eigenvalue weighted by molar-refractivity contribution is 7.89. The highest BCUT2D eigenvalue weighted by atomic mass is 32.2. The average molecular weight is 416 g/mol. The van der Waals surface area contributed by atoms with Crippen molar-refractivity contribution in [1.82, 2.24) is 14.3 Å². The van der Waals surface area contributed by atoms with E-state index in [1.807, 2.05) is 33.0 Å². The molecule has 0 bridgehead atoms. The maximum Gasteiger partial charge on any atom is 0.245 e. The van der Waals surface area contributed by atoms with Gasteiger partial charge in [-0.25, -0.2) is 13.4 Å². The van der Waals surface area contributed by atoms with Gasteiger partial charge in [0, 0.05) is 19.4 Å². The van der Waals surface area contributed by atoms with Crippen molar-refractivity contribution < 1.29 is 17.9 Å². The smallest absolute Gasteiger partial charge is 0.245 e. The molecule has 1 unspecified atom stereocenters. The summed E-state index contributed by atoms with van der Waals surface area (Å²) in [5, 5.41) is 0. The van der Waals surface area contributed by atoms with Crippen LogP contribution in [0.4, 0.5) is 0 Å². The van der Waals surface area contributed by atoms with Gasteiger partial charge in [-0.1, -0.05) is 12.1 Å². The normalized spacial score (nSPS) is 12.6. The molecular weight excluding hydrogens is 390 g/mol. The van der Waals surface area contributed by atoms with Crippen LogP contribution < -0.4 is 14.2 Å². The summed E-state index contributed by atoms with van der Waals surface area (Å²) in [6, 6.07) is 9.89. The van der Waals surface area contributed by atoms with Crippen molar-refractivity contribution in [3.63, 3.8) is 0 Å². The van der Waals surface area contributed by atoms with Crippen LogP contribution in [0.5, 0.6) is 11.5 Å². The molecule has 0 aliphatic rings. The topological polar surface area (TPSA) is 82.4 Å². The Hall–Kier alpha value is -2.84. The third-order valence-corrected chi connectivity index (χ3v) is 6.33. The van der Waals surface area contributed by atoms with Crippen LogP contribution in [0.15, 0.2) is 53.7 Å². The maximum absolute atomic E-state index is 13.4. The molecule has 1 heterocycles. The Kier molecular flexibility index (Phi) is 5.95. The number of hydrogen-bond acceptors (Lipinski definition) is 5. The fraction of sp³-hybridized carbons (Fsp3) is 0.286. The third kappa shape index (κ3) is 4.28. The molecule has 154 valence electrons. The molecule has 0 spiro atoms. The minimum absolute atomic E-state index is 0.0882. The van der Waals surface area contributed by atoms with E-state index in [1.165, 1.54) is 7.11 Å². The lowest BCUT2D eigenvalue weighted by atomic mass is 10.1. The quantitative estimate of drug-likeness (QED) is 0.641. The molecular formula is C21H25N3O4S. The fourth-order valence-corrected chi connectivity index (χ4v) is 4.52. The van der Waals surface area contributed by atoms with E-state index in [1.54, 1.807) is 48.3 Å². The maximum atomic E-state index is 13.4. The first-order valence-corrected chi connectivity index (χ1v) is 10.5. The summed E-state index contributed by atoms with van der Waals surface area (Å²) < 4.78 is 42.0. The molecule has 0 aliphatic carbocycles. The first-order chi connectivity index (χ1) is 13.8. The molecule has 29 heavy (non-hydrogen) atoms. The number of imidazole rings is 1. The highest BCUT2D eigenvalue weighted by Crippen LogP contribution is 2.31. The first kappa shape index (κ1) is 20.9. The zero-order valence-corrected chi connectivity index (χ0v) is 17.9. The Morgan fingerprint density at radius 3 is 2.41 bits per heavy atom. The van der Waals surface area contributed by atoms with Gasteiger partial charge in [0.2, 0.25) is 10.0 Å². The van der Waals surface area contributed by atoms with E-state index in [-0.39, 0.29) is 4.90 Å². The summed E-state index contributed by atoms with van der Waals surface area (Å²) in [6.07, 6.45) is 3.40. The van der Waals surface area contributed by atoms with Crippen LogP contribution >= 0.6 is 0 Å². The summed E-state index contributed by atoms with van der Waals surface area (Å²) in [5.41, 5.74) is 2.53. The number of sulfonamides is 1. The van der Waals surface area contributed by atoms with Gasteiger partial charge in [-0.15, -0.1) is 0 Å². The first-order valence-electron chi connectivity index (χ1n) is 9.05. The predicted molar refractivity (Wildman–Crippen MR) is 111 cm³/mol. The molecule has 2 aromatic carbocycles. The largest absolute Gasteiger partial charge is 0.497 e. The fourth-order valence-electron chi connectivity index (χ4n) is 3.10. The zero-order chi connectivity index (χ0) is 21.2. The lowest BCUT2D eigenvalue weighted by molar-refractivity contribution is 0.401. The predicted octanol–water partition coefficient (Wildman–Crippen LogP) is 3.12. The van der Waals surface area contributed by atoms with Crippen LogP contribution in [-0.4, -0.2) is 32.2 Å². The molecule has 1 N–H and O–H groups in total. The third-order valence-electron chi connectivity index (χ3n) is 4.89. The molecule has 0 saturated heterocycles. The number of ether oxygens (including phenoxy) is 2. The van der Waals surface area contributed by atoms with Gasteiger partial charge in [0.05, 0.1) is 14.2 Å². The molecule has 0 saturated carbocycles. The lowest BCUT2D eigenvalue weighted by Gasteiger charge is -2.21. The van der Waals surface area contributed by atoms with Gasteiger partial charge in [0.1, 0.15) is 28.3 Å². The SMILES string of the molecule is COc1cccc(C(NS(=O)(=O)c2cc(C)c(C)cc2OC)c2nccn2C)c1. The van der Waals surface area contributed by atoms with Gasteiger partial charge in [-0.2, -0.15) is 4.72 Å². The van der Waals surface area contributed by atoms with Crippen LogP contribution in [-0.2, 0) is 17.1 Å². The van der Waals surface area contributed by atoms with Crippen molar-refractivity contribution in [1.29, 1.82) is 0 Å². The second kappa shape index (κ2) is 8.26. The number of nitrogens with one attached hydrogen (secondary N) is 1. The number of methoxy groups -OCH3 is 2. The van der Waals surface area contributed by atoms with E-state index >= 15 is 0 Å². The van der Waals surface area contributed by atoms with Crippen molar-refractivity contribution >= 4 is 10.0 Å². The van der Waals surface area contributed by atoms with Crippen LogP contribution in [0, 0.1) is 13.8 Å². The number of rotatable bonds is 7. The Balaban J connectivity index is 2.11. The minimum Gasteiger partial charge on any atom is -0.497 e. The van der Waals surface area contributed by atoms with E-state index in [0.717, 1.165) is 11.1 Å². The number of aromatic nitrogens is 2. The van der Waals surface area contributed by atoms with Gasteiger partial charge in [0.15, 0.2) is 0 Å². The van der Waals surface area contributed by atoms with Crippen molar-refractivity contribution in [2.75, 3.05) is 14.2 Å². The lowest BCUT2D eigenvalue weighted by Crippen LogP contribution is -2.31. The van der Waals surface area contributed by atoms with E-state index in [2.05, 4.69) is 9.71 Å². The van der Waals surface area contributed by atoms with Gasteiger partial charge in [-0.05, 0) is 54.8 Å². The summed E-state index contributed by atoms with van der Waals surface area (Å²) in [5.74, 6) is 1.49. The van der Waals surface area contributed by atoms with E-state index in [0.29, 0.717) is 22.9 Å². The molecule has 8 heteroatoms. The van der Waals surface area contributed by atoms with Crippen molar-refractivity contribution in [2.45, 2.75) is 24.8 Å². The Bertz CT molecular complexity index is 1120. The minimum atomic E-state index is -3.92. The number of nitrogens with zero attached hydrogens (tertiary/aromatic N) is 2. The standard InChI is InChI=1S/C21H25N3O4S/c1-14-11-18(28-5)19(12-15(14)2)29(25,26)23-20(21-22-9-10-24(21)3)16-7-6-8-17(13-16)27-4/h6-13,20,23H,1-5H3. The Morgan fingerprint density at radius 2 is 1.79 bits per heavy atom. The highest BCUT2D eigenvalue weighted by Gasteiger charge is 2.28. The molecule has 0 aliphatic heterocycles. The molecule has 3 rings (SSSR count). The summed E-state index contributed by atoms with van der Waals surface area (Å²) >= 11 is 0.